The molecule has 2 aromatic carbocycles. The summed E-state index contributed by atoms with van der Waals surface area (Å²) in [5.41, 5.74) is 8.44. The van der Waals surface area contributed by atoms with Crippen LogP contribution in [0.5, 0.6) is 5.75 Å². The van der Waals surface area contributed by atoms with Crippen LogP contribution in [0.25, 0.3) is 11.3 Å². The van der Waals surface area contributed by atoms with Crippen LogP contribution in [0.2, 0.25) is 0 Å². The molecule has 0 unspecified atom stereocenters. The number of esters is 1. The van der Waals surface area contributed by atoms with E-state index in [9.17, 15) is 4.79 Å². The highest BCUT2D eigenvalue weighted by Gasteiger charge is 2.56. The molecule has 7 rings (SSSR count). The highest BCUT2D eigenvalue weighted by Crippen LogP contribution is 2.40. The van der Waals surface area contributed by atoms with Crippen LogP contribution in [-0.2, 0) is 38.5 Å². The number of carbonyl (C=O) groups excluding carboxylic acids is 1. The van der Waals surface area contributed by atoms with Crippen molar-refractivity contribution in [2.24, 2.45) is 5.92 Å². The zero-order valence-electron chi connectivity index (χ0n) is 26.1. The van der Waals surface area contributed by atoms with Crippen LogP contribution in [0.1, 0.15) is 40.7 Å². The van der Waals surface area contributed by atoms with Gasteiger partial charge in [0.15, 0.2) is 0 Å². The first-order valence-corrected chi connectivity index (χ1v) is 16.1. The Labute approximate surface area is 260 Å². The summed E-state index contributed by atoms with van der Waals surface area (Å²) in [6.45, 7) is 9.95. The summed E-state index contributed by atoms with van der Waals surface area (Å²) in [4.78, 5) is 22.1. The summed E-state index contributed by atoms with van der Waals surface area (Å²) in [6, 6.07) is 17.4. The van der Waals surface area contributed by atoms with Gasteiger partial charge in [-0.2, -0.15) is 0 Å². The molecule has 4 aliphatic rings. The van der Waals surface area contributed by atoms with Crippen molar-refractivity contribution in [1.82, 2.24) is 9.88 Å². The maximum absolute atomic E-state index is 12.2. The molecule has 0 aliphatic carbocycles. The van der Waals surface area contributed by atoms with Crippen LogP contribution < -0.4 is 9.64 Å². The van der Waals surface area contributed by atoms with Crippen molar-refractivity contribution in [3.05, 3.63) is 76.3 Å². The number of methoxy groups -OCH3 is 1. The van der Waals surface area contributed by atoms with Crippen molar-refractivity contribution in [3.8, 4) is 17.0 Å². The molecule has 0 radical (unpaired) electrons. The number of ether oxygens (including phenoxy) is 4. The van der Waals surface area contributed by atoms with Crippen LogP contribution in [-0.4, -0.2) is 80.6 Å². The fourth-order valence-corrected chi connectivity index (χ4v) is 7.66. The zero-order valence-corrected chi connectivity index (χ0v) is 26.1. The summed E-state index contributed by atoms with van der Waals surface area (Å²) in [7, 11) is 1.67. The summed E-state index contributed by atoms with van der Waals surface area (Å²) in [6.07, 6.45) is 4.37. The van der Waals surface area contributed by atoms with Crippen LogP contribution in [0.3, 0.4) is 0 Å². The van der Waals surface area contributed by atoms with E-state index in [1.165, 1.54) is 22.3 Å². The average Bonchev–Trinajstić information content (AvgIpc) is 3.17. The van der Waals surface area contributed by atoms with Crippen LogP contribution >= 0.6 is 0 Å². The Morgan fingerprint density at radius 2 is 1.82 bits per heavy atom. The SMILES string of the molecule is COC[C@@H]1[C@@H]2C(=O)O[C@H]2CN1c1cccc(-c2cccc(C)c2OCc2ccc3c(c2C)CCN(C2CCOCC2)CC3)n1. The number of pyridine rings is 1. The van der Waals surface area contributed by atoms with E-state index in [1.807, 2.05) is 18.2 Å². The molecule has 3 saturated heterocycles. The maximum atomic E-state index is 12.2. The molecule has 0 amide bonds. The minimum atomic E-state index is -0.160. The number of aryl methyl sites for hydroxylation is 1. The minimum Gasteiger partial charge on any atom is -0.488 e. The van der Waals surface area contributed by atoms with Gasteiger partial charge < -0.3 is 23.8 Å². The summed E-state index contributed by atoms with van der Waals surface area (Å²) in [5.74, 6) is 1.37. The van der Waals surface area contributed by atoms with Gasteiger partial charge in [0.2, 0.25) is 0 Å². The fourth-order valence-electron chi connectivity index (χ4n) is 7.66. The van der Waals surface area contributed by atoms with Crippen molar-refractivity contribution in [2.75, 3.05) is 51.5 Å². The fraction of sp³-hybridized carbons (Fsp3) is 0.500. The largest absolute Gasteiger partial charge is 0.488 e. The number of hydrogen-bond donors (Lipinski definition) is 0. The van der Waals surface area contributed by atoms with Crippen molar-refractivity contribution in [2.45, 2.75) is 64.3 Å². The van der Waals surface area contributed by atoms with Gasteiger partial charge in [0.25, 0.3) is 0 Å². The third-order valence-electron chi connectivity index (χ3n) is 10.2. The molecule has 5 heterocycles. The molecule has 3 fully saturated rings. The normalized spacial score (nSPS) is 23.8. The van der Waals surface area contributed by atoms with E-state index in [1.54, 1.807) is 7.11 Å². The smallest absolute Gasteiger partial charge is 0.315 e. The molecule has 3 aromatic rings. The van der Waals surface area contributed by atoms with Crippen LogP contribution in [0.15, 0.2) is 48.5 Å². The second-order valence-corrected chi connectivity index (χ2v) is 12.7. The first-order chi connectivity index (χ1) is 21.5. The Morgan fingerprint density at radius 3 is 2.64 bits per heavy atom. The third-order valence-corrected chi connectivity index (χ3v) is 10.2. The lowest BCUT2D eigenvalue weighted by Crippen LogP contribution is -2.48. The minimum absolute atomic E-state index is 0.0813. The number of nitrogens with zero attached hydrogens (tertiary/aromatic N) is 3. The molecule has 44 heavy (non-hydrogen) atoms. The molecule has 3 atom stereocenters. The third kappa shape index (κ3) is 5.48. The molecule has 1 aromatic heterocycles. The second-order valence-electron chi connectivity index (χ2n) is 12.7. The Hall–Kier alpha value is -3.46. The highest BCUT2D eigenvalue weighted by molar-refractivity contribution is 5.82. The second kappa shape index (κ2) is 12.5. The summed E-state index contributed by atoms with van der Waals surface area (Å²) < 4.78 is 23.2. The van der Waals surface area contributed by atoms with Gasteiger partial charge in [0.1, 0.15) is 30.2 Å². The van der Waals surface area contributed by atoms with E-state index >= 15 is 0 Å². The average molecular weight is 598 g/mol. The number of benzene rings is 2. The molecule has 4 aliphatic heterocycles. The molecule has 8 heteroatoms. The van der Waals surface area contributed by atoms with Gasteiger partial charge in [-0.05, 0) is 85.5 Å². The van der Waals surface area contributed by atoms with Gasteiger partial charge in [-0.3, -0.25) is 9.69 Å². The molecular weight excluding hydrogens is 554 g/mol. The molecule has 232 valence electrons. The lowest BCUT2D eigenvalue weighted by molar-refractivity contribution is -0.180. The van der Waals surface area contributed by atoms with Gasteiger partial charge in [-0.15, -0.1) is 0 Å². The van der Waals surface area contributed by atoms with Crippen LogP contribution in [0.4, 0.5) is 5.82 Å². The molecular formula is C36H43N3O5. The Morgan fingerprint density at radius 1 is 1.00 bits per heavy atom. The number of para-hydroxylation sites is 1. The van der Waals surface area contributed by atoms with Gasteiger partial charge in [-0.1, -0.05) is 30.3 Å². The van der Waals surface area contributed by atoms with Crippen molar-refractivity contribution < 1.29 is 23.7 Å². The maximum Gasteiger partial charge on any atom is 0.315 e. The Balaban J connectivity index is 1.10. The summed E-state index contributed by atoms with van der Waals surface area (Å²) >= 11 is 0. The standard InChI is InChI=1S/C36H43N3O5/c1-23-6-4-7-29(30-8-5-9-33(37-30)39-20-32-34(36(40)44-32)31(39)22-41-3)35(23)43-21-26-11-10-25-12-16-38(17-13-28(25)24(26)2)27-14-18-42-19-15-27/h4-11,27,31-32,34H,12-22H2,1-3H3/t31-,32+,34+/m1/s1. The number of aromatic nitrogens is 1. The molecule has 0 spiro atoms. The van der Waals surface area contributed by atoms with Gasteiger partial charge in [0.05, 0.1) is 24.9 Å². The Kier molecular flexibility index (Phi) is 8.31. The van der Waals surface area contributed by atoms with Gasteiger partial charge in [-0.25, -0.2) is 4.98 Å². The number of rotatable bonds is 8. The number of carbonyl (C=O) groups is 1. The van der Waals surface area contributed by atoms with Gasteiger partial charge >= 0.3 is 5.97 Å². The monoisotopic (exact) mass is 597 g/mol. The predicted octanol–water partition coefficient (Wildman–Crippen LogP) is 4.90. The van der Waals surface area contributed by atoms with E-state index in [4.69, 9.17) is 23.9 Å². The number of fused-ring (bicyclic) bond motifs is 2. The van der Waals surface area contributed by atoms with Gasteiger partial charge in [0, 0.05) is 45.0 Å². The van der Waals surface area contributed by atoms with Crippen LogP contribution in [0, 0.1) is 19.8 Å². The van der Waals surface area contributed by atoms with Crippen molar-refractivity contribution in [1.29, 1.82) is 0 Å². The topological polar surface area (TPSA) is 73.4 Å². The number of hydrogen-bond acceptors (Lipinski definition) is 8. The number of anilines is 1. The first-order valence-electron chi connectivity index (χ1n) is 16.1. The predicted molar refractivity (Wildman–Crippen MR) is 169 cm³/mol. The quantitative estimate of drug-likeness (QED) is 0.340. The Bertz CT molecular complexity index is 1520. The lowest BCUT2D eigenvalue weighted by Gasteiger charge is -2.33. The van der Waals surface area contributed by atoms with E-state index in [2.05, 4.69) is 54.0 Å². The summed E-state index contributed by atoms with van der Waals surface area (Å²) in [5, 5.41) is 0. The highest BCUT2D eigenvalue weighted by atomic mass is 16.6. The zero-order chi connectivity index (χ0) is 30.2. The molecule has 0 saturated carbocycles. The van der Waals surface area contributed by atoms with Crippen molar-refractivity contribution in [3.63, 3.8) is 0 Å². The van der Waals surface area contributed by atoms with E-state index in [-0.39, 0.29) is 24.0 Å². The van der Waals surface area contributed by atoms with Crippen molar-refractivity contribution >= 4 is 11.8 Å². The lowest BCUT2D eigenvalue weighted by atomic mass is 9.94. The van der Waals surface area contributed by atoms with E-state index in [0.29, 0.717) is 25.8 Å². The molecule has 0 bridgehead atoms. The first kappa shape index (κ1) is 29.3. The van der Waals surface area contributed by atoms with E-state index in [0.717, 1.165) is 80.4 Å². The molecule has 0 N–H and O–H groups in total. The van der Waals surface area contributed by atoms with E-state index < -0.39 is 0 Å². The molecule has 8 nitrogen and oxygen atoms in total.